The largest absolute Gasteiger partial charge is 1.00 e. The number of carbonyl (C=O) groups is 1. The second-order valence-corrected chi connectivity index (χ2v) is 3.21. The van der Waals surface area contributed by atoms with Gasteiger partial charge < -0.3 is 12.9 Å². The van der Waals surface area contributed by atoms with Crippen molar-refractivity contribution in [1.29, 1.82) is 0 Å². The van der Waals surface area contributed by atoms with Crippen LogP contribution in [0.4, 0.5) is 12.9 Å². The number of halogens is 3. The van der Waals surface area contributed by atoms with E-state index >= 15 is 0 Å². The van der Waals surface area contributed by atoms with Gasteiger partial charge in [-0.1, -0.05) is 18.2 Å². The summed E-state index contributed by atoms with van der Waals surface area (Å²) < 4.78 is 36.8. The maximum absolute atomic E-state index is 12.3. The van der Waals surface area contributed by atoms with Gasteiger partial charge >= 0.3 is 58.4 Å². The van der Waals surface area contributed by atoms with Gasteiger partial charge in [0.2, 0.25) is 0 Å². The Morgan fingerprint density at radius 3 is 2.13 bits per heavy atom. The molecule has 1 rings (SSSR count). The van der Waals surface area contributed by atoms with Crippen molar-refractivity contribution in [3.05, 3.63) is 29.3 Å². The molecule has 0 aliphatic carbocycles. The Labute approximate surface area is 129 Å². The van der Waals surface area contributed by atoms with E-state index in [0.717, 1.165) is 12.1 Å². The van der Waals surface area contributed by atoms with Gasteiger partial charge in [0.15, 0.2) is 5.78 Å². The third-order valence-electron chi connectivity index (χ3n) is 2.01. The van der Waals surface area contributed by atoms with Crippen molar-refractivity contribution in [2.75, 3.05) is 0 Å². The summed E-state index contributed by atoms with van der Waals surface area (Å²) in [5.41, 5.74) is 0.0514. The standard InChI is InChI=1S/C9H9BF3O.K/c1-6-5-8(10(11,12)13)3-4-9(6)7(2)14;/h3-5H,1-2H3;/q-1;+1. The van der Waals surface area contributed by atoms with Gasteiger partial charge in [-0.15, -0.1) is 5.46 Å². The molecule has 0 saturated carbocycles. The Morgan fingerprint density at radius 2 is 1.80 bits per heavy atom. The molecule has 0 aliphatic rings. The second kappa shape index (κ2) is 5.63. The molecule has 6 heteroatoms. The summed E-state index contributed by atoms with van der Waals surface area (Å²) >= 11 is 0. The van der Waals surface area contributed by atoms with Crippen molar-refractivity contribution in [2.24, 2.45) is 0 Å². The first-order valence-electron chi connectivity index (χ1n) is 4.14. The molecule has 0 aliphatic heterocycles. The van der Waals surface area contributed by atoms with Gasteiger partial charge in [0.25, 0.3) is 0 Å². The fourth-order valence-electron chi connectivity index (χ4n) is 1.29. The summed E-state index contributed by atoms with van der Waals surface area (Å²) in [6.07, 6.45) is 0. The number of benzene rings is 1. The third kappa shape index (κ3) is 4.03. The van der Waals surface area contributed by atoms with Crippen LogP contribution in [0.25, 0.3) is 0 Å². The topological polar surface area (TPSA) is 17.1 Å². The molecule has 0 saturated heterocycles. The van der Waals surface area contributed by atoms with Crippen LogP contribution in [0.1, 0.15) is 22.8 Å². The fraction of sp³-hybridized carbons (Fsp3) is 0.222. The fourth-order valence-corrected chi connectivity index (χ4v) is 1.29. The van der Waals surface area contributed by atoms with Crippen LogP contribution in [0, 0.1) is 6.92 Å². The Balaban J connectivity index is 0.00000196. The number of carbonyl (C=O) groups excluding carboxylic acids is 1. The van der Waals surface area contributed by atoms with Crippen molar-refractivity contribution >= 4 is 18.2 Å². The summed E-state index contributed by atoms with van der Waals surface area (Å²) in [6.45, 7) is -2.13. The van der Waals surface area contributed by atoms with Gasteiger partial charge in [-0.2, -0.15) is 0 Å². The molecule has 0 unspecified atom stereocenters. The minimum atomic E-state index is -4.97. The van der Waals surface area contributed by atoms with Crippen LogP contribution in [0.3, 0.4) is 0 Å². The molecule has 1 aromatic carbocycles. The monoisotopic (exact) mass is 240 g/mol. The predicted molar refractivity (Wildman–Crippen MR) is 49.9 cm³/mol. The number of hydrogen-bond donors (Lipinski definition) is 0. The number of aryl methyl sites for hydroxylation is 1. The minimum absolute atomic E-state index is 0. The van der Waals surface area contributed by atoms with Crippen molar-refractivity contribution in [3.63, 3.8) is 0 Å². The van der Waals surface area contributed by atoms with E-state index in [1.54, 1.807) is 0 Å². The Kier molecular flexibility index (Phi) is 5.78. The van der Waals surface area contributed by atoms with Gasteiger partial charge in [0.05, 0.1) is 0 Å². The summed E-state index contributed by atoms with van der Waals surface area (Å²) in [6, 6.07) is 3.18. The number of Topliss-reactive ketones (excluding diaryl/α,β-unsaturated/α-hetero) is 1. The molecule has 0 radical (unpaired) electrons. The normalized spacial score (nSPS) is 10.7. The van der Waals surface area contributed by atoms with Crippen LogP contribution in [0.2, 0.25) is 0 Å². The molecule has 1 aromatic rings. The Morgan fingerprint density at radius 1 is 1.27 bits per heavy atom. The van der Waals surface area contributed by atoms with Crippen molar-refractivity contribution in [3.8, 4) is 0 Å². The summed E-state index contributed by atoms with van der Waals surface area (Å²) in [5.74, 6) is -0.219. The van der Waals surface area contributed by atoms with E-state index in [4.69, 9.17) is 0 Å². The van der Waals surface area contributed by atoms with E-state index in [-0.39, 0.29) is 57.2 Å². The van der Waals surface area contributed by atoms with E-state index in [1.165, 1.54) is 19.9 Å². The molecular formula is C9H9BF3KO. The van der Waals surface area contributed by atoms with Crippen molar-refractivity contribution in [2.45, 2.75) is 13.8 Å². The maximum atomic E-state index is 12.3. The Bertz CT molecular complexity index is 376. The maximum Gasteiger partial charge on any atom is 1.00 e. The molecule has 0 heterocycles. The van der Waals surface area contributed by atoms with Gasteiger partial charge in [0, 0.05) is 5.56 Å². The minimum Gasteiger partial charge on any atom is -0.445 e. The molecule has 0 fully saturated rings. The van der Waals surface area contributed by atoms with Crippen molar-refractivity contribution in [1.82, 2.24) is 0 Å². The average Bonchev–Trinajstić information content (AvgIpc) is 2.01. The first-order valence-corrected chi connectivity index (χ1v) is 4.14. The van der Waals surface area contributed by atoms with Crippen LogP contribution in [-0.2, 0) is 0 Å². The molecule has 0 aromatic heterocycles. The molecule has 15 heavy (non-hydrogen) atoms. The van der Waals surface area contributed by atoms with Gasteiger partial charge in [-0.3, -0.25) is 4.79 Å². The molecule has 1 nitrogen and oxygen atoms in total. The zero-order valence-corrected chi connectivity index (χ0v) is 12.0. The molecular weight excluding hydrogens is 231 g/mol. The van der Waals surface area contributed by atoms with Crippen LogP contribution < -0.4 is 56.8 Å². The average molecular weight is 240 g/mol. The number of rotatable bonds is 2. The zero-order chi connectivity index (χ0) is 10.9. The molecule has 0 N–H and O–H groups in total. The van der Waals surface area contributed by atoms with E-state index in [2.05, 4.69) is 0 Å². The smallest absolute Gasteiger partial charge is 0.445 e. The first-order chi connectivity index (χ1) is 6.32. The SMILES string of the molecule is CC(=O)c1ccc([B-](F)(F)F)cc1C.[K+]. The van der Waals surface area contributed by atoms with Crippen LogP contribution in [0.15, 0.2) is 18.2 Å². The van der Waals surface area contributed by atoms with E-state index in [0.29, 0.717) is 11.1 Å². The summed E-state index contributed by atoms with van der Waals surface area (Å²) in [7, 11) is 0. The third-order valence-corrected chi connectivity index (χ3v) is 2.01. The van der Waals surface area contributed by atoms with E-state index in [1.807, 2.05) is 0 Å². The first kappa shape index (κ1) is 15.4. The quantitative estimate of drug-likeness (QED) is 0.491. The van der Waals surface area contributed by atoms with Crippen LogP contribution >= 0.6 is 0 Å². The van der Waals surface area contributed by atoms with Crippen LogP contribution in [0.5, 0.6) is 0 Å². The molecule has 0 amide bonds. The van der Waals surface area contributed by atoms with Crippen LogP contribution in [-0.4, -0.2) is 12.8 Å². The van der Waals surface area contributed by atoms with Gasteiger partial charge in [0.1, 0.15) is 0 Å². The number of ketones is 1. The van der Waals surface area contributed by atoms with Gasteiger partial charge in [-0.25, -0.2) is 0 Å². The van der Waals surface area contributed by atoms with Gasteiger partial charge in [-0.05, 0) is 19.4 Å². The van der Waals surface area contributed by atoms with E-state index in [9.17, 15) is 17.7 Å². The molecule has 0 bridgehead atoms. The zero-order valence-electron chi connectivity index (χ0n) is 8.85. The second-order valence-electron chi connectivity index (χ2n) is 3.21. The molecule has 0 atom stereocenters. The number of hydrogen-bond acceptors (Lipinski definition) is 1. The molecule has 76 valence electrons. The Hall–Kier alpha value is 0.381. The molecule has 0 spiro atoms. The van der Waals surface area contributed by atoms with E-state index < -0.39 is 12.4 Å². The van der Waals surface area contributed by atoms with Crippen molar-refractivity contribution < 1.29 is 69.1 Å². The summed E-state index contributed by atoms with van der Waals surface area (Å²) in [4.78, 5) is 11.0. The summed E-state index contributed by atoms with van der Waals surface area (Å²) in [5, 5.41) is 0. The predicted octanol–water partition coefficient (Wildman–Crippen LogP) is -0.744.